The van der Waals surface area contributed by atoms with Gasteiger partial charge in [-0.3, -0.25) is 4.79 Å². The largest absolute Gasteiger partial charge is 0.465 e. The van der Waals surface area contributed by atoms with Gasteiger partial charge < -0.3 is 15.4 Å². The number of amides is 1. The number of anilines is 1. The first-order chi connectivity index (χ1) is 9.11. The van der Waals surface area contributed by atoms with Gasteiger partial charge in [-0.25, -0.2) is 4.79 Å². The molecule has 1 aliphatic rings. The molecular formula is C13H15ClN2O3. The van der Waals surface area contributed by atoms with Gasteiger partial charge in [0.05, 0.1) is 29.3 Å². The number of esters is 1. The lowest BCUT2D eigenvalue weighted by molar-refractivity contribution is -0.119. The zero-order valence-corrected chi connectivity index (χ0v) is 11.3. The Balaban J connectivity index is 2.14. The van der Waals surface area contributed by atoms with Crippen LogP contribution in [0, 0.1) is 5.92 Å². The molecule has 0 spiro atoms. The van der Waals surface area contributed by atoms with Crippen molar-refractivity contribution in [3.05, 3.63) is 28.8 Å². The number of benzene rings is 1. The van der Waals surface area contributed by atoms with Gasteiger partial charge in [0.2, 0.25) is 5.91 Å². The van der Waals surface area contributed by atoms with Crippen molar-refractivity contribution in [2.24, 2.45) is 5.92 Å². The van der Waals surface area contributed by atoms with Crippen LogP contribution >= 0.6 is 11.6 Å². The summed E-state index contributed by atoms with van der Waals surface area (Å²) in [5.74, 6) is -0.610. The maximum absolute atomic E-state index is 12.0. The molecule has 1 unspecified atom stereocenters. The predicted octanol–water partition coefficient (Wildman–Crippen LogP) is 1.67. The maximum atomic E-state index is 12.0. The van der Waals surface area contributed by atoms with Crippen LogP contribution in [0.3, 0.4) is 0 Å². The van der Waals surface area contributed by atoms with E-state index in [0.717, 1.165) is 13.0 Å². The van der Waals surface area contributed by atoms with E-state index >= 15 is 0 Å². The van der Waals surface area contributed by atoms with Crippen molar-refractivity contribution in [2.45, 2.75) is 6.42 Å². The fourth-order valence-electron chi connectivity index (χ4n) is 1.98. The fraction of sp³-hybridized carbons (Fsp3) is 0.385. The minimum Gasteiger partial charge on any atom is -0.465 e. The van der Waals surface area contributed by atoms with Crippen LogP contribution in [0.4, 0.5) is 5.69 Å². The van der Waals surface area contributed by atoms with Crippen molar-refractivity contribution < 1.29 is 14.3 Å². The first kappa shape index (κ1) is 13.8. The number of hydrogen-bond donors (Lipinski definition) is 2. The molecule has 0 radical (unpaired) electrons. The van der Waals surface area contributed by atoms with Crippen LogP contribution in [0.1, 0.15) is 16.8 Å². The first-order valence-electron chi connectivity index (χ1n) is 6.01. The third kappa shape index (κ3) is 3.24. The molecule has 1 aromatic carbocycles. The smallest absolute Gasteiger partial charge is 0.337 e. The maximum Gasteiger partial charge on any atom is 0.337 e. The van der Waals surface area contributed by atoms with Crippen LogP contribution in [0.25, 0.3) is 0 Å². The van der Waals surface area contributed by atoms with Crippen LogP contribution in [0.15, 0.2) is 18.2 Å². The van der Waals surface area contributed by atoms with Gasteiger partial charge >= 0.3 is 5.97 Å². The van der Waals surface area contributed by atoms with Crippen molar-refractivity contribution in [1.82, 2.24) is 5.32 Å². The Bertz CT molecular complexity index is 499. The van der Waals surface area contributed by atoms with E-state index in [9.17, 15) is 9.59 Å². The van der Waals surface area contributed by atoms with E-state index in [1.165, 1.54) is 13.2 Å². The van der Waals surface area contributed by atoms with E-state index < -0.39 is 5.97 Å². The Morgan fingerprint density at radius 1 is 1.47 bits per heavy atom. The van der Waals surface area contributed by atoms with Crippen LogP contribution in [0.5, 0.6) is 0 Å². The zero-order valence-electron chi connectivity index (χ0n) is 10.5. The Labute approximate surface area is 116 Å². The number of methoxy groups -OCH3 is 1. The molecule has 0 aromatic heterocycles. The van der Waals surface area contributed by atoms with E-state index in [2.05, 4.69) is 15.4 Å². The number of hydrogen-bond acceptors (Lipinski definition) is 4. The molecule has 0 bridgehead atoms. The average Bonchev–Trinajstić information content (AvgIpc) is 2.94. The van der Waals surface area contributed by atoms with Crippen molar-refractivity contribution in [3.63, 3.8) is 0 Å². The molecule has 0 saturated carbocycles. The average molecular weight is 283 g/mol. The molecule has 1 heterocycles. The SMILES string of the molecule is COC(=O)c1ccc(Cl)c(NC(=O)C2CCNC2)c1. The molecule has 6 heteroatoms. The molecule has 2 N–H and O–H groups in total. The highest BCUT2D eigenvalue weighted by Gasteiger charge is 2.23. The van der Waals surface area contributed by atoms with Gasteiger partial charge in [-0.1, -0.05) is 11.6 Å². The van der Waals surface area contributed by atoms with Crippen molar-refractivity contribution in [3.8, 4) is 0 Å². The van der Waals surface area contributed by atoms with Gasteiger partial charge in [0.25, 0.3) is 0 Å². The Morgan fingerprint density at radius 2 is 2.26 bits per heavy atom. The normalized spacial score (nSPS) is 18.1. The quantitative estimate of drug-likeness (QED) is 0.828. The highest BCUT2D eigenvalue weighted by atomic mass is 35.5. The highest BCUT2D eigenvalue weighted by Crippen LogP contribution is 2.24. The fourth-order valence-corrected chi connectivity index (χ4v) is 2.14. The minimum absolute atomic E-state index is 0.0575. The number of rotatable bonds is 3. The van der Waals surface area contributed by atoms with Gasteiger partial charge in [-0.2, -0.15) is 0 Å². The van der Waals surface area contributed by atoms with Gasteiger partial charge in [0.15, 0.2) is 0 Å². The van der Waals surface area contributed by atoms with Gasteiger partial charge in [-0.15, -0.1) is 0 Å². The summed E-state index contributed by atoms with van der Waals surface area (Å²) in [6, 6.07) is 4.64. The molecule has 1 amide bonds. The number of halogens is 1. The minimum atomic E-state index is -0.463. The van der Waals surface area contributed by atoms with E-state index in [-0.39, 0.29) is 11.8 Å². The van der Waals surface area contributed by atoms with Crippen LogP contribution in [-0.4, -0.2) is 32.1 Å². The Hall–Kier alpha value is -1.59. The van der Waals surface area contributed by atoms with Gasteiger partial charge in [0, 0.05) is 6.54 Å². The Morgan fingerprint density at radius 3 is 2.89 bits per heavy atom. The summed E-state index contributed by atoms with van der Waals surface area (Å²) in [7, 11) is 1.30. The molecule has 0 aliphatic carbocycles. The molecule has 5 nitrogen and oxygen atoms in total. The lowest BCUT2D eigenvalue weighted by Gasteiger charge is -2.12. The third-order valence-corrected chi connectivity index (χ3v) is 3.41. The molecule has 2 rings (SSSR count). The van der Waals surface area contributed by atoms with Crippen LogP contribution in [0.2, 0.25) is 5.02 Å². The van der Waals surface area contributed by atoms with E-state index in [1.807, 2.05) is 0 Å². The van der Waals surface area contributed by atoms with E-state index in [0.29, 0.717) is 22.8 Å². The molecule has 19 heavy (non-hydrogen) atoms. The molecule has 1 aromatic rings. The topological polar surface area (TPSA) is 67.4 Å². The number of carbonyl (C=O) groups is 2. The first-order valence-corrected chi connectivity index (χ1v) is 6.39. The summed E-state index contributed by atoms with van der Waals surface area (Å²) in [5, 5.41) is 6.27. The lowest BCUT2D eigenvalue weighted by atomic mass is 10.1. The van der Waals surface area contributed by atoms with E-state index in [1.54, 1.807) is 12.1 Å². The predicted molar refractivity (Wildman–Crippen MR) is 72.4 cm³/mol. The van der Waals surface area contributed by atoms with Gasteiger partial charge in [0.1, 0.15) is 0 Å². The molecule has 102 valence electrons. The van der Waals surface area contributed by atoms with Crippen LogP contribution in [-0.2, 0) is 9.53 Å². The number of ether oxygens (including phenoxy) is 1. The van der Waals surface area contributed by atoms with Gasteiger partial charge in [-0.05, 0) is 31.2 Å². The third-order valence-electron chi connectivity index (χ3n) is 3.08. The van der Waals surface area contributed by atoms with Crippen LogP contribution < -0.4 is 10.6 Å². The molecular weight excluding hydrogens is 268 g/mol. The summed E-state index contributed by atoms with van der Waals surface area (Å²) in [5.41, 5.74) is 0.785. The summed E-state index contributed by atoms with van der Waals surface area (Å²) < 4.78 is 4.63. The highest BCUT2D eigenvalue weighted by molar-refractivity contribution is 6.33. The van der Waals surface area contributed by atoms with E-state index in [4.69, 9.17) is 11.6 Å². The monoisotopic (exact) mass is 282 g/mol. The molecule has 1 saturated heterocycles. The summed E-state index contributed by atoms with van der Waals surface area (Å²) in [6.45, 7) is 1.51. The standard InChI is InChI=1S/C13H15ClN2O3/c1-19-13(18)8-2-3-10(14)11(6-8)16-12(17)9-4-5-15-7-9/h2-3,6,9,15H,4-5,7H2,1H3,(H,16,17). The lowest BCUT2D eigenvalue weighted by Crippen LogP contribution is -2.24. The second-order valence-corrected chi connectivity index (χ2v) is 4.77. The van der Waals surface area contributed by atoms with Crippen molar-refractivity contribution in [1.29, 1.82) is 0 Å². The summed E-state index contributed by atoms with van der Waals surface area (Å²) >= 11 is 6.01. The number of carbonyl (C=O) groups excluding carboxylic acids is 2. The summed E-state index contributed by atoms with van der Waals surface area (Å²) in [6.07, 6.45) is 0.806. The number of nitrogens with one attached hydrogen (secondary N) is 2. The Kier molecular flexibility index (Phi) is 4.39. The molecule has 1 fully saturated rings. The second-order valence-electron chi connectivity index (χ2n) is 4.37. The summed E-state index contributed by atoms with van der Waals surface area (Å²) in [4.78, 5) is 23.4. The van der Waals surface area contributed by atoms with Crippen molar-refractivity contribution >= 4 is 29.2 Å². The van der Waals surface area contributed by atoms with Crippen molar-refractivity contribution in [2.75, 3.05) is 25.5 Å². The zero-order chi connectivity index (χ0) is 13.8. The molecule has 1 aliphatic heterocycles. The molecule has 1 atom stereocenters. The second kappa shape index (κ2) is 6.04.